The Morgan fingerprint density at radius 2 is 1.90 bits per heavy atom. The highest BCUT2D eigenvalue weighted by atomic mass is 32.2. The Balaban J connectivity index is 1.86. The zero-order chi connectivity index (χ0) is 14.3. The highest BCUT2D eigenvalue weighted by Gasteiger charge is 2.37. The molecule has 3 rings (SSSR count). The molecule has 2 aliphatic heterocycles. The third-order valence-electron chi connectivity index (χ3n) is 4.78. The minimum atomic E-state index is -3.33. The molecule has 2 heterocycles. The van der Waals surface area contributed by atoms with Crippen LogP contribution < -0.4 is 5.32 Å². The predicted octanol–water partition coefficient (Wildman–Crippen LogP) is 1.53. The second kappa shape index (κ2) is 5.13. The van der Waals surface area contributed by atoms with Crippen molar-refractivity contribution in [1.29, 1.82) is 0 Å². The number of fused-ring (bicyclic) bond motifs is 1. The number of piperidine rings is 1. The van der Waals surface area contributed by atoms with Crippen LogP contribution in [0.3, 0.4) is 0 Å². The lowest BCUT2D eigenvalue weighted by atomic mass is 9.90. The Bertz CT molecular complexity index is 612. The quantitative estimate of drug-likeness (QED) is 0.900. The first kappa shape index (κ1) is 14.0. The molecule has 1 aromatic rings. The standard InChI is InChI=1S/C15H22N2O2S/c1-11-3-4-15(7-12(11)2)20(18,19)17-6-5-13-8-16-9-14(13)10-17/h3-4,7,13-14,16H,5-6,8-10H2,1-2H3. The average Bonchev–Trinajstić information content (AvgIpc) is 2.89. The third-order valence-corrected chi connectivity index (χ3v) is 6.64. The van der Waals surface area contributed by atoms with E-state index in [-0.39, 0.29) is 0 Å². The van der Waals surface area contributed by atoms with Gasteiger partial charge >= 0.3 is 0 Å². The van der Waals surface area contributed by atoms with Crippen LogP contribution in [0.1, 0.15) is 17.5 Å². The molecule has 0 aliphatic carbocycles. The minimum Gasteiger partial charge on any atom is -0.316 e. The molecule has 2 saturated heterocycles. The molecular weight excluding hydrogens is 272 g/mol. The number of sulfonamides is 1. The van der Waals surface area contributed by atoms with Gasteiger partial charge in [0.2, 0.25) is 10.0 Å². The van der Waals surface area contributed by atoms with Gasteiger partial charge in [0, 0.05) is 13.1 Å². The molecule has 1 aromatic carbocycles. The van der Waals surface area contributed by atoms with E-state index in [9.17, 15) is 8.42 Å². The number of benzene rings is 1. The van der Waals surface area contributed by atoms with E-state index in [2.05, 4.69) is 5.32 Å². The first-order chi connectivity index (χ1) is 9.48. The summed E-state index contributed by atoms with van der Waals surface area (Å²) in [5.41, 5.74) is 2.16. The highest BCUT2D eigenvalue weighted by Crippen LogP contribution is 2.30. The van der Waals surface area contributed by atoms with Crippen molar-refractivity contribution in [2.75, 3.05) is 26.2 Å². The van der Waals surface area contributed by atoms with Crippen LogP contribution in [0.15, 0.2) is 23.1 Å². The summed E-state index contributed by atoms with van der Waals surface area (Å²) >= 11 is 0. The number of aryl methyl sites for hydroxylation is 2. The van der Waals surface area contributed by atoms with Gasteiger partial charge in [0.05, 0.1) is 4.90 Å². The Labute approximate surface area is 121 Å². The van der Waals surface area contributed by atoms with Crippen molar-refractivity contribution in [1.82, 2.24) is 9.62 Å². The van der Waals surface area contributed by atoms with Crippen molar-refractivity contribution in [2.24, 2.45) is 11.8 Å². The maximum absolute atomic E-state index is 12.7. The zero-order valence-corrected chi connectivity index (χ0v) is 12.9. The molecule has 20 heavy (non-hydrogen) atoms. The summed E-state index contributed by atoms with van der Waals surface area (Å²) < 4.78 is 27.2. The van der Waals surface area contributed by atoms with Gasteiger partial charge in [-0.2, -0.15) is 4.31 Å². The van der Waals surface area contributed by atoms with Gasteiger partial charge < -0.3 is 5.32 Å². The van der Waals surface area contributed by atoms with Gasteiger partial charge in [-0.3, -0.25) is 0 Å². The molecule has 0 radical (unpaired) electrons. The molecule has 0 amide bonds. The Kier molecular flexibility index (Phi) is 3.60. The smallest absolute Gasteiger partial charge is 0.243 e. The number of hydrogen-bond donors (Lipinski definition) is 1. The number of nitrogens with one attached hydrogen (secondary N) is 1. The van der Waals surface area contributed by atoms with Gasteiger partial charge in [0.1, 0.15) is 0 Å². The summed E-state index contributed by atoms with van der Waals surface area (Å²) in [4.78, 5) is 0.435. The summed E-state index contributed by atoms with van der Waals surface area (Å²) in [7, 11) is -3.33. The van der Waals surface area contributed by atoms with E-state index in [4.69, 9.17) is 0 Å². The summed E-state index contributed by atoms with van der Waals surface area (Å²) in [6.45, 7) is 7.26. The van der Waals surface area contributed by atoms with Gasteiger partial charge in [-0.1, -0.05) is 6.07 Å². The fourth-order valence-corrected chi connectivity index (χ4v) is 4.84. The van der Waals surface area contributed by atoms with Crippen LogP contribution in [0.5, 0.6) is 0 Å². The maximum atomic E-state index is 12.7. The van der Waals surface area contributed by atoms with Crippen LogP contribution in [0.25, 0.3) is 0 Å². The fourth-order valence-electron chi connectivity index (χ4n) is 3.24. The highest BCUT2D eigenvalue weighted by molar-refractivity contribution is 7.89. The molecular formula is C15H22N2O2S. The van der Waals surface area contributed by atoms with Crippen molar-refractivity contribution in [3.63, 3.8) is 0 Å². The van der Waals surface area contributed by atoms with Crippen molar-refractivity contribution in [3.05, 3.63) is 29.3 Å². The summed E-state index contributed by atoms with van der Waals surface area (Å²) in [6, 6.07) is 5.42. The van der Waals surface area contributed by atoms with Crippen LogP contribution >= 0.6 is 0 Å². The number of rotatable bonds is 2. The van der Waals surface area contributed by atoms with Gasteiger partial charge in [-0.25, -0.2) is 8.42 Å². The Morgan fingerprint density at radius 1 is 1.15 bits per heavy atom. The topological polar surface area (TPSA) is 49.4 Å². The van der Waals surface area contributed by atoms with Crippen molar-refractivity contribution < 1.29 is 8.42 Å². The molecule has 2 atom stereocenters. The molecule has 2 aliphatic rings. The van der Waals surface area contributed by atoms with E-state index >= 15 is 0 Å². The van der Waals surface area contributed by atoms with E-state index in [0.717, 1.165) is 30.6 Å². The lowest BCUT2D eigenvalue weighted by Gasteiger charge is -2.33. The molecule has 4 nitrogen and oxygen atoms in total. The molecule has 2 unspecified atom stereocenters. The lowest BCUT2D eigenvalue weighted by molar-refractivity contribution is 0.228. The summed E-state index contributed by atoms with van der Waals surface area (Å²) in [5, 5.41) is 3.37. The zero-order valence-electron chi connectivity index (χ0n) is 12.1. The van der Waals surface area contributed by atoms with Gasteiger partial charge in [0.25, 0.3) is 0 Å². The van der Waals surface area contributed by atoms with Crippen molar-refractivity contribution in [2.45, 2.75) is 25.2 Å². The molecule has 110 valence electrons. The van der Waals surface area contributed by atoms with Crippen LogP contribution in [0.4, 0.5) is 0 Å². The minimum absolute atomic E-state index is 0.435. The molecule has 0 bridgehead atoms. The second-order valence-electron chi connectivity index (χ2n) is 6.08. The average molecular weight is 294 g/mol. The largest absolute Gasteiger partial charge is 0.316 e. The van der Waals surface area contributed by atoms with E-state index in [1.807, 2.05) is 19.9 Å². The molecule has 0 saturated carbocycles. The Morgan fingerprint density at radius 3 is 2.65 bits per heavy atom. The second-order valence-corrected chi connectivity index (χ2v) is 8.01. The summed E-state index contributed by atoms with van der Waals surface area (Å²) in [6.07, 6.45) is 0.974. The third kappa shape index (κ3) is 2.38. The maximum Gasteiger partial charge on any atom is 0.243 e. The first-order valence-corrected chi connectivity index (χ1v) is 8.70. The SMILES string of the molecule is Cc1ccc(S(=O)(=O)N2CCC3CNCC3C2)cc1C. The molecule has 1 N–H and O–H groups in total. The fraction of sp³-hybridized carbons (Fsp3) is 0.600. The van der Waals surface area contributed by atoms with E-state index in [0.29, 0.717) is 29.8 Å². The summed E-state index contributed by atoms with van der Waals surface area (Å²) in [5.74, 6) is 1.13. The van der Waals surface area contributed by atoms with E-state index in [1.165, 1.54) is 0 Å². The van der Waals surface area contributed by atoms with Gasteiger partial charge in [0.15, 0.2) is 0 Å². The van der Waals surface area contributed by atoms with Crippen molar-refractivity contribution in [3.8, 4) is 0 Å². The lowest BCUT2D eigenvalue weighted by Crippen LogP contribution is -2.43. The molecule has 5 heteroatoms. The first-order valence-electron chi connectivity index (χ1n) is 7.26. The van der Waals surface area contributed by atoms with Crippen LogP contribution in [-0.2, 0) is 10.0 Å². The molecule has 0 spiro atoms. The monoisotopic (exact) mass is 294 g/mol. The number of nitrogens with zero attached hydrogens (tertiary/aromatic N) is 1. The van der Waals surface area contributed by atoms with Crippen LogP contribution in [-0.4, -0.2) is 38.9 Å². The van der Waals surface area contributed by atoms with E-state index in [1.54, 1.807) is 16.4 Å². The van der Waals surface area contributed by atoms with Crippen molar-refractivity contribution >= 4 is 10.0 Å². The molecule has 2 fully saturated rings. The van der Waals surface area contributed by atoms with E-state index < -0.39 is 10.0 Å². The normalized spacial score (nSPS) is 27.5. The van der Waals surface area contributed by atoms with Crippen LogP contribution in [0, 0.1) is 25.7 Å². The number of hydrogen-bond acceptors (Lipinski definition) is 3. The van der Waals surface area contributed by atoms with Crippen LogP contribution in [0.2, 0.25) is 0 Å². The van der Waals surface area contributed by atoms with Gasteiger partial charge in [-0.15, -0.1) is 0 Å². The molecule has 0 aromatic heterocycles. The van der Waals surface area contributed by atoms with Gasteiger partial charge in [-0.05, 0) is 68.5 Å². The Hall–Kier alpha value is -0.910. The predicted molar refractivity (Wildman–Crippen MR) is 79.1 cm³/mol.